The van der Waals surface area contributed by atoms with Gasteiger partial charge < -0.3 is 19.9 Å². The van der Waals surface area contributed by atoms with E-state index >= 15 is 0 Å². The molecule has 0 saturated heterocycles. The van der Waals surface area contributed by atoms with Crippen LogP contribution in [0.25, 0.3) is 0 Å². The maximum absolute atomic E-state index is 13.3. The predicted molar refractivity (Wildman–Crippen MR) is 129 cm³/mol. The molecule has 32 heavy (non-hydrogen) atoms. The molecule has 0 fully saturated rings. The van der Waals surface area contributed by atoms with Crippen molar-refractivity contribution in [3.05, 3.63) is 65.7 Å². The lowest BCUT2D eigenvalue weighted by Gasteiger charge is -2.27. The van der Waals surface area contributed by atoms with E-state index in [1.54, 1.807) is 12.1 Å². The molecule has 2 aromatic carbocycles. The first-order chi connectivity index (χ1) is 15.4. The third-order valence-corrected chi connectivity index (χ3v) is 5.11. The number of nitrogens with one attached hydrogen (secondary N) is 1. The lowest BCUT2D eigenvalue weighted by Crippen LogP contribution is -2.50. The number of carbonyl (C=O) groups excluding carboxylic acids is 2. The van der Waals surface area contributed by atoms with Crippen molar-refractivity contribution in [1.82, 2.24) is 15.1 Å². The van der Waals surface area contributed by atoms with Gasteiger partial charge in [-0.2, -0.15) is 0 Å². The van der Waals surface area contributed by atoms with E-state index in [9.17, 15) is 9.59 Å². The van der Waals surface area contributed by atoms with Crippen LogP contribution in [0, 0.1) is 0 Å². The summed E-state index contributed by atoms with van der Waals surface area (Å²) in [4.78, 5) is 30.1. The van der Waals surface area contributed by atoms with Crippen molar-refractivity contribution < 1.29 is 14.3 Å². The summed E-state index contributed by atoms with van der Waals surface area (Å²) in [5.41, 5.74) is 1.53. The molecule has 0 aliphatic rings. The lowest BCUT2D eigenvalue weighted by atomic mass is 10.0. The van der Waals surface area contributed by atoms with Crippen LogP contribution in [-0.2, 0) is 11.2 Å². The molecule has 2 aromatic rings. The molecular formula is C26H37N3O3. The Morgan fingerprint density at radius 1 is 0.906 bits per heavy atom. The van der Waals surface area contributed by atoms with Gasteiger partial charge in [0.25, 0.3) is 5.91 Å². The molecule has 0 saturated carbocycles. The first kappa shape index (κ1) is 25.4. The maximum atomic E-state index is 13.3. The van der Waals surface area contributed by atoms with Crippen molar-refractivity contribution in [3.63, 3.8) is 0 Å². The topological polar surface area (TPSA) is 61.9 Å². The Hall–Kier alpha value is -2.86. The van der Waals surface area contributed by atoms with E-state index in [2.05, 4.69) is 24.1 Å². The molecule has 1 unspecified atom stereocenters. The number of nitrogens with zero attached hydrogens (tertiary/aromatic N) is 2. The van der Waals surface area contributed by atoms with E-state index in [0.29, 0.717) is 31.7 Å². The summed E-state index contributed by atoms with van der Waals surface area (Å²) in [6, 6.07) is 16.2. The van der Waals surface area contributed by atoms with Gasteiger partial charge >= 0.3 is 0 Å². The van der Waals surface area contributed by atoms with Crippen LogP contribution in [0.4, 0.5) is 0 Å². The van der Waals surface area contributed by atoms with Crippen LogP contribution in [0.2, 0.25) is 0 Å². The number of rotatable bonds is 13. The summed E-state index contributed by atoms with van der Waals surface area (Å²) in [7, 11) is 4.02. The van der Waals surface area contributed by atoms with Gasteiger partial charge in [-0.25, -0.2) is 0 Å². The van der Waals surface area contributed by atoms with Gasteiger partial charge in [-0.1, -0.05) is 44.2 Å². The van der Waals surface area contributed by atoms with Gasteiger partial charge in [0.2, 0.25) is 5.91 Å². The summed E-state index contributed by atoms with van der Waals surface area (Å²) in [6.07, 6.45) is 2.19. The van der Waals surface area contributed by atoms with Gasteiger partial charge in [-0.05, 0) is 56.8 Å². The molecule has 6 nitrogen and oxygen atoms in total. The van der Waals surface area contributed by atoms with Crippen LogP contribution in [0.1, 0.15) is 42.6 Å². The highest BCUT2D eigenvalue weighted by atomic mass is 16.5. The Morgan fingerprint density at radius 2 is 1.53 bits per heavy atom. The fourth-order valence-corrected chi connectivity index (χ4v) is 3.43. The normalized spacial score (nSPS) is 11.8. The zero-order valence-electron chi connectivity index (χ0n) is 19.8. The summed E-state index contributed by atoms with van der Waals surface area (Å²) in [6.45, 7) is 6.94. The van der Waals surface area contributed by atoms with Crippen LogP contribution >= 0.6 is 0 Å². The van der Waals surface area contributed by atoms with Gasteiger partial charge in [0.1, 0.15) is 18.4 Å². The predicted octanol–water partition coefficient (Wildman–Crippen LogP) is 3.62. The Balaban J connectivity index is 2.14. The van der Waals surface area contributed by atoms with Gasteiger partial charge in [0.05, 0.1) is 0 Å². The van der Waals surface area contributed by atoms with E-state index in [-0.39, 0.29) is 11.8 Å². The third kappa shape index (κ3) is 8.35. The van der Waals surface area contributed by atoms with Crippen LogP contribution in [0.3, 0.4) is 0 Å². The van der Waals surface area contributed by atoms with Gasteiger partial charge in [0, 0.05) is 31.6 Å². The largest absolute Gasteiger partial charge is 0.492 e. The highest BCUT2D eigenvalue weighted by Gasteiger charge is 2.26. The average molecular weight is 440 g/mol. The van der Waals surface area contributed by atoms with Gasteiger partial charge in [-0.15, -0.1) is 0 Å². The highest BCUT2D eigenvalue weighted by molar-refractivity contribution is 5.97. The summed E-state index contributed by atoms with van der Waals surface area (Å²) in [5, 5.41) is 2.97. The smallest absolute Gasteiger partial charge is 0.251 e. The second-order valence-corrected chi connectivity index (χ2v) is 8.22. The molecule has 0 aromatic heterocycles. The van der Waals surface area contributed by atoms with Crippen molar-refractivity contribution in [2.75, 3.05) is 40.3 Å². The first-order valence-corrected chi connectivity index (χ1v) is 11.5. The second kappa shape index (κ2) is 13.5. The number of amides is 2. The van der Waals surface area contributed by atoms with E-state index in [4.69, 9.17) is 4.74 Å². The number of carbonyl (C=O) groups is 2. The Morgan fingerprint density at radius 3 is 2.09 bits per heavy atom. The second-order valence-electron chi connectivity index (χ2n) is 8.22. The molecule has 2 rings (SSSR count). The first-order valence-electron chi connectivity index (χ1n) is 11.5. The zero-order chi connectivity index (χ0) is 23.3. The molecular weight excluding hydrogens is 402 g/mol. The fourth-order valence-electron chi connectivity index (χ4n) is 3.43. The van der Waals surface area contributed by atoms with E-state index in [1.165, 1.54) is 0 Å². The van der Waals surface area contributed by atoms with Crippen LogP contribution in [0.5, 0.6) is 5.75 Å². The van der Waals surface area contributed by atoms with Crippen molar-refractivity contribution in [1.29, 1.82) is 0 Å². The van der Waals surface area contributed by atoms with Crippen LogP contribution in [0.15, 0.2) is 54.6 Å². The minimum atomic E-state index is -0.624. The number of likely N-dealkylation sites (N-methyl/N-ethyl adjacent to an activating group) is 1. The molecule has 0 bridgehead atoms. The summed E-state index contributed by atoms with van der Waals surface area (Å²) < 4.78 is 5.76. The van der Waals surface area contributed by atoms with Crippen molar-refractivity contribution >= 4 is 11.8 Å². The molecule has 0 aliphatic carbocycles. The molecule has 1 atom stereocenters. The van der Waals surface area contributed by atoms with Crippen LogP contribution in [-0.4, -0.2) is 68.0 Å². The number of hydrogen-bond donors (Lipinski definition) is 1. The quantitative estimate of drug-likeness (QED) is 0.518. The van der Waals surface area contributed by atoms with Crippen molar-refractivity contribution in [2.24, 2.45) is 0 Å². The molecule has 2 amide bonds. The van der Waals surface area contributed by atoms with E-state index in [0.717, 1.165) is 30.7 Å². The summed E-state index contributed by atoms with van der Waals surface area (Å²) >= 11 is 0. The van der Waals surface area contributed by atoms with Crippen molar-refractivity contribution in [2.45, 2.75) is 39.2 Å². The standard InChI is InChI=1S/C26H37N3O3/c1-5-16-29(17-6-2)26(31)24(27-25(30)22-10-8-7-9-11-22)20-21-12-14-23(15-13-21)32-19-18-28(3)4/h7-15,24H,5-6,16-20H2,1-4H3,(H,27,30). The SMILES string of the molecule is CCCN(CCC)C(=O)C(Cc1ccc(OCCN(C)C)cc1)NC(=O)c1ccccc1. The van der Waals surface area contributed by atoms with Gasteiger partial charge in [-0.3, -0.25) is 9.59 Å². The minimum absolute atomic E-state index is 0.0377. The maximum Gasteiger partial charge on any atom is 0.251 e. The number of hydrogen-bond acceptors (Lipinski definition) is 4. The van der Waals surface area contributed by atoms with Gasteiger partial charge in [0.15, 0.2) is 0 Å². The van der Waals surface area contributed by atoms with Crippen LogP contribution < -0.4 is 10.1 Å². The molecule has 0 heterocycles. The highest BCUT2D eigenvalue weighted by Crippen LogP contribution is 2.15. The number of ether oxygens (including phenoxy) is 1. The Kier molecular flexibility index (Phi) is 10.7. The molecule has 1 N–H and O–H groups in total. The number of benzene rings is 2. The third-order valence-electron chi connectivity index (χ3n) is 5.11. The zero-order valence-corrected chi connectivity index (χ0v) is 19.8. The lowest BCUT2D eigenvalue weighted by molar-refractivity contribution is -0.133. The molecule has 174 valence electrons. The van der Waals surface area contributed by atoms with Crippen molar-refractivity contribution in [3.8, 4) is 5.75 Å². The average Bonchev–Trinajstić information content (AvgIpc) is 2.79. The molecule has 0 spiro atoms. The Labute approximate surface area is 192 Å². The Bertz CT molecular complexity index is 816. The fraction of sp³-hybridized carbons (Fsp3) is 0.462. The minimum Gasteiger partial charge on any atom is -0.492 e. The molecule has 0 radical (unpaired) electrons. The molecule has 0 aliphatic heterocycles. The van der Waals surface area contributed by atoms with E-state index < -0.39 is 6.04 Å². The molecule has 6 heteroatoms. The monoisotopic (exact) mass is 439 g/mol. The van der Waals surface area contributed by atoms with E-state index in [1.807, 2.05) is 61.5 Å². The summed E-state index contributed by atoms with van der Waals surface area (Å²) in [5.74, 6) is 0.523.